The molecule has 1 fully saturated rings. The van der Waals surface area contributed by atoms with Crippen LogP contribution in [0.4, 0.5) is 0 Å². The summed E-state index contributed by atoms with van der Waals surface area (Å²) in [5.74, 6) is 0.517. The zero-order valence-electron chi connectivity index (χ0n) is 14.0. The molecule has 4 heteroatoms. The summed E-state index contributed by atoms with van der Waals surface area (Å²) in [6.07, 6.45) is 8.89. The Morgan fingerprint density at radius 3 is 2.65 bits per heavy atom. The SMILES string of the molecule is CC(NC(=O)C[C@@H]1CCC[C@H]1N)c1ccc2c(c1)CCCC2.Cl. The van der Waals surface area contributed by atoms with E-state index < -0.39 is 0 Å². The number of nitrogens with two attached hydrogens (primary N) is 1. The normalized spacial score (nSPS) is 24.4. The van der Waals surface area contributed by atoms with E-state index in [1.54, 1.807) is 0 Å². The van der Waals surface area contributed by atoms with Crippen molar-refractivity contribution in [1.82, 2.24) is 5.32 Å². The first-order valence-corrected chi connectivity index (χ1v) is 8.80. The topological polar surface area (TPSA) is 55.1 Å². The highest BCUT2D eigenvalue weighted by molar-refractivity contribution is 5.85. The number of benzene rings is 1. The van der Waals surface area contributed by atoms with Crippen molar-refractivity contribution in [2.75, 3.05) is 0 Å². The predicted molar refractivity (Wildman–Crippen MR) is 96.8 cm³/mol. The lowest BCUT2D eigenvalue weighted by Crippen LogP contribution is -2.33. The molecule has 0 aliphatic heterocycles. The minimum absolute atomic E-state index is 0. The second-order valence-corrected chi connectivity index (χ2v) is 7.08. The predicted octanol–water partition coefficient (Wildman–Crippen LogP) is 3.68. The van der Waals surface area contributed by atoms with Crippen molar-refractivity contribution in [3.63, 3.8) is 0 Å². The summed E-state index contributed by atoms with van der Waals surface area (Å²) in [6.45, 7) is 2.08. The maximum absolute atomic E-state index is 12.3. The molecule has 3 nitrogen and oxygen atoms in total. The number of carbonyl (C=O) groups excluding carboxylic acids is 1. The molecule has 2 aliphatic carbocycles. The van der Waals surface area contributed by atoms with Crippen molar-refractivity contribution in [2.24, 2.45) is 11.7 Å². The molecule has 0 bridgehead atoms. The maximum Gasteiger partial charge on any atom is 0.220 e. The molecular weight excluding hydrogens is 308 g/mol. The van der Waals surface area contributed by atoms with Crippen LogP contribution in [-0.2, 0) is 17.6 Å². The fourth-order valence-electron chi connectivity index (χ4n) is 3.96. The third kappa shape index (κ3) is 4.48. The van der Waals surface area contributed by atoms with Gasteiger partial charge in [0.15, 0.2) is 0 Å². The van der Waals surface area contributed by atoms with Crippen LogP contribution in [0.2, 0.25) is 0 Å². The monoisotopic (exact) mass is 336 g/mol. The highest BCUT2D eigenvalue weighted by atomic mass is 35.5. The Hall–Kier alpha value is -1.06. The van der Waals surface area contributed by atoms with Gasteiger partial charge in [0.25, 0.3) is 0 Å². The quantitative estimate of drug-likeness (QED) is 0.881. The number of hydrogen-bond acceptors (Lipinski definition) is 2. The van der Waals surface area contributed by atoms with Gasteiger partial charge in [0.1, 0.15) is 0 Å². The van der Waals surface area contributed by atoms with Crippen molar-refractivity contribution < 1.29 is 4.79 Å². The van der Waals surface area contributed by atoms with Crippen molar-refractivity contribution in [1.29, 1.82) is 0 Å². The number of fused-ring (bicyclic) bond motifs is 1. The summed E-state index contributed by atoms with van der Waals surface area (Å²) in [4.78, 5) is 12.3. The Balaban J connectivity index is 0.00000192. The molecule has 0 aromatic heterocycles. The van der Waals surface area contributed by atoms with Crippen molar-refractivity contribution in [3.05, 3.63) is 34.9 Å². The van der Waals surface area contributed by atoms with Gasteiger partial charge in [-0.15, -0.1) is 12.4 Å². The van der Waals surface area contributed by atoms with Gasteiger partial charge >= 0.3 is 0 Å². The van der Waals surface area contributed by atoms with Gasteiger partial charge in [0.05, 0.1) is 6.04 Å². The van der Waals surface area contributed by atoms with Gasteiger partial charge in [0, 0.05) is 12.5 Å². The molecule has 3 rings (SSSR count). The van der Waals surface area contributed by atoms with Crippen molar-refractivity contribution >= 4 is 18.3 Å². The standard InChI is InChI=1S/C19H28N2O.ClH/c1-13(21-19(22)12-17-7-4-8-18(17)20)15-10-9-14-5-2-3-6-16(14)11-15;/h9-11,13,17-18H,2-8,12,20H2,1H3,(H,21,22);1H/t13?,17-,18+;/m0./s1. The van der Waals surface area contributed by atoms with E-state index in [1.807, 2.05) is 0 Å². The zero-order chi connectivity index (χ0) is 15.5. The minimum atomic E-state index is 0. The Morgan fingerprint density at radius 2 is 1.96 bits per heavy atom. The summed E-state index contributed by atoms with van der Waals surface area (Å²) in [6, 6.07) is 7.01. The molecule has 0 heterocycles. The second-order valence-electron chi connectivity index (χ2n) is 7.08. The van der Waals surface area contributed by atoms with Crippen LogP contribution in [0, 0.1) is 5.92 Å². The zero-order valence-corrected chi connectivity index (χ0v) is 14.8. The molecule has 1 aromatic carbocycles. The van der Waals surface area contributed by atoms with Gasteiger partial charge in [-0.1, -0.05) is 24.6 Å². The average Bonchev–Trinajstić information content (AvgIpc) is 2.91. The number of aryl methyl sites for hydroxylation is 2. The number of halogens is 1. The lowest BCUT2D eigenvalue weighted by molar-refractivity contribution is -0.122. The van der Waals surface area contributed by atoms with Gasteiger partial charge in [0.2, 0.25) is 5.91 Å². The number of nitrogens with one attached hydrogen (secondary N) is 1. The average molecular weight is 337 g/mol. The second kappa shape index (κ2) is 8.16. The summed E-state index contributed by atoms with van der Waals surface area (Å²) < 4.78 is 0. The van der Waals surface area contributed by atoms with Crippen LogP contribution < -0.4 is 11.1 Å². The molecule has 23 heavy (non-hydrogen) atoms. The maximum atomic E-state index is 12.3. The van der Waals surface area contributed by atoms with Gasteiger partial charge in [-0.05, 0) is 68.1 Å². The summed E-state index contributed by atoms with van der Waals surface area (Å²) >= 11 is 0. The van der Waals surface area contributed by atoms with Gasteiger partial charge < -0.3 is 11.1 Å². The van der Waals surface area contributed by atoms with Crippen LogP contribution >= 0.6 is 12.4 Å². The van der Waals surface area contributed by atoms with E-state index >= 15 is 0 Å². The molecule has 2 aliphatic rings. The molecule has 1 unspecified atom stereocenters. The number of hydrogen-bond donors (Lipinski definition) is 2. The Labute approximate surface area is 145 Å². The van der Waals surface area contributed by atoms with Crippen LogP contribution in [0.1, 0.15) is 68.2 Å². The summed E-state index contributed by atoms with van der Waals surface area (Å²) in [7, 11) is 0. The first kappa shape index (κ1) is 18.3. The van der Waals surface area contributed by atoms with Crippen LogP contribution in [0.5, 0.6) is 0 Å². The van der Waals surface area contributed by atoms with E-state index in [4.69, 9.17) is 5.73 Å². The van der Waals surface area contributed by atoms with Crippen molar-refractivity contribution in [3.8, 4) is 0 Å². The molecule has 1 saturated carbocycles. The molecule has 3 N–H and O–H groups in total. The van der Waals surface area contributed by atoms with Gasteiger partial charge in [-0.25, -0.2) is 0 Å². The fraction of sp³-hybridized carbons (Fsp3) is 0.632. The molecule has 1 amide bonds. The van der Waals surface area contributed by atoms with Crippen molar-refractivity contribution in [2.45, 2.75) is 70.4 Å². The van der Waals surface area contributed by atoms with Gasteiger partial charge in [-0.2, -0.15) is 0 Å². The molecule has 0 saturated heterocycles. The van der Waals surface area contributed by atoms with E-state index in [0.717, 1.165) is 12.8 Å². The highest BCUT2D eigenvalue weighted by Crippen LogP contribution is 2.28. The third-order valence-corrected chi connectivity index (χ3v) is 5.42. The van der Waals surface area contributed by atoms with Crippen LogP contribution in [-0.4, -0.2) is 11.9 Å². The molecule has 128 valence electrons. The minimum Gasteiger partial charge on any atom is -0.350 e. The molecule has 3 atom stereocenters. The molecule has 0 radical (unpaired) electrons. The summed E-state index contributed by atoms with van der Waals surface area (Å²) in [5.41, 5.74) is 10.3. The number of rotatable bonds is 4. The smallest absolute Gasteiger partial charge is 0.220 e. The molecule has 0 spiro atoms. The third-order valence-electron chi connectivity index (χ3n) is 5.42. The van der Waals surface area contributed by atoms with Crippen LogP contribution in [0.15, 0.2) is 18.2 Å². The fourth-order valence-corrected chi connectivity index (χ4v) is 3.96. The Kier molecular flexibility index (Phi) is 6.49. The lowest BCUT2D eigenvalue weighted by atomic mass is 9.89. The van der Waals surface area contributed by atoms with Crippen LogP contribution in [0.25, 0.3) is 0 Å². The number of amides is 1. The largest absolute Gasteiger partial charge is 0.350 e. The van der Waals surface area contributed by atoms with E-state index in [1.165, 1.54) is 48.8 Å². The van der Waals surface area contributed by atoms with E-state index in [-0.39, 0.29) is 30.4 Å². The lowest BCUT2D eigenvalue weighted by Gasteiger charge is -2.21. The van der Waals surface area contributed by atoms with Crippen LogP contribution in [0.3, 0.4) is 0 Å². The van der Waals surface area contributed by atoms with E-state index in [9.17, 15) is 4.79 Å². The van der Waals surface area contributed by atoms with E-state index in [2.05, 4.69) is 30.4 Å². The molecular formula is C19H29ClN2O. The first-order valence-electron chi connectivity index (χ1n) is 8.80. The van der Waals surface area contributed by atoms with Gasteiger partial charge in [-0.3, -0.25) is 4.79 Å². The number of carbonyl (C=O) groups is 1. The summed E-state index contributed by atoms with van der Waals surface area (Å²) in [5, 5.41) is 3.16. The molecule has 1 aromatic rings. The van der Waals surface area contributed by atoms with E-state index in [0.29, 0.717) is 12.3 Å². The first-order chi connectivity index (χ1) is 10.6. The Bertz CT molecular complexity index is 546. The highest BCUT2D eigenvalue weighted by Gasteiger charge is 2.26. The Morgan fingerprint density at radius 1 is 1.22 bits per heavy atom.